The van der Waals surface area contributed by atoms with Crippen LogP contribution in [-0.2, 0) is 16.1 Å². The number of carbonyl (C=O) groups is 2. The van der Waals surface area contributed by atoms with E-state index in [9.17, 15) is 9.59 Å². The Kier molecular flexibility index (Phi) is 8.70. The second kappa shape index (κ2) is 12.4. The summed E-state index contributed by atoms with van der Waals surface area (Å²) in [5.41, 5.74) is 3.63. The summed E-state index contributed by atoms with van der Waals surface area (Å²) >= 11 is 6.49. The fourth-order valence-corrected chi connectivity index (χ4v) is 5.28. The summed E-state index contributed by atoms with van der Waals surface area (Å²) in [5, 5.41) is 6.83. The Labute approximate surface area is 245 Å². The van der Waals surface area contributed by atoms with Crippen molar-refractivity contribution in [3.8, 4) is 11.3 Å². The van der Waals surface area contributed by atoms with Crippen LogP contribution >= 0.6 is 11.6 Å². The molecule has 0 saturated carbocycles. The van der Waals surface area contributed by atoms with Gasteiger partial charge in [-0.2, -0.15) is 0 Å². The Bertz CT molecular complexity index is 1430. The highest BCUT2D eigenvalue weighted by atomic mass is 35.5. The van der Waals surface area contributed by atoms with Gasteiger partial charge < -0.3 is 25.2 Å². The molecule has 1 saturated heterocycles. The van der Waals surface area contributed by atoms with Crippen LogP contribution in [0.25, 0.3) is 11.3 Å². The minimum absolute atomic E-state index is 0.196. The fraction of sp³-hybridized carbons (Fsp3) is 0.433. The van der Waals surface area contributed by atoms with Gasteiger partial charge in [-0.05, 0) is 62.9 Å². The van der Waals surface area contributed by atoms with Gasteiger partial charge in [0, 0.05) is 56.7 Å². The molecule has 2 aromatic heterocycles. The van der Waals surface area contributed by atoms with Crippen molar-refractivity contribution >= 4 is 35.2 Å². The number of anilines is 2. The van der Waals surface area contributed by atoms with Gasteiger partial charge >= 0.3 is 0 Å². The molecule has 10 nitrogen and oxygen atoms in total. The Morgan fingerprint density at radius 3 is 2.73 bits per heavy atom. The number of halogens is 1. The first kappa shape index (κ1) is 28.8. The zero-order chi connectivity index (χ0) is 29.1. The molecule has 2 aliphatic rings. The van der Waals surface area contributed by atoms with Crippen molar-refractivity contribution < 1.29 is 14.3 Å². The molecule has 0 radical (unpaired) electrons. The van der Waals surface area contributed by atoms with Crippen molar-refractivity contribution in [1.82, 2.24) is 25.2 Å². The first-order valence-corrected chi connectivity index (χ1v) is 14.4. The number of amides is 2. The molecule has 216 valence electrons. The van der Waals surface area contributed by atoms with Gasteiger partial charge in [0.2, 0.25) is 11.9 Å². The molecule has 1 fully saturated rings. The van der Waals surface area contributed by atoms with Crippen molar-refractivity contribution in [3.63, 3.8) is 0 Å². The topological polar surface area (TPSA) is 113 Å². The van der Waals surface area contributed by atoms with Crippen molar-refractivity contribution in [2.75, 3.05) is 37.0 Å². The number of hydrogen-bond acceptors (Lipinski definition) is 8. The molecule has 4 heterocycles. The number of ether oxygens (including phenoxy) is 1. The SMILES string of the molecule is CCN(C)c1cc([C@@H](C)NC(=O)[C@@H](C)N2Cc3ccc(-c4nc(NC5CCOCC5)ncc4Cl)cc3C2=O)ccn1. The number of hydrogen-bond donors (Lipinski definition) is 2. The third-order valence-electron chi connectivity index (χ3n) is 7.85. The molecular weight excluding hydrogens is 542 g/mol. The van der Waals surface area contributed by atoms with E-state index in [1.807, 2.05) is 43.1 Å². The zero-order valence-corrected chi connectivity index (χ0v) is 24.6. The summed E-state index contributed by atoms with van der Waals surface area (Å²) in [4.78, 5) is 43.8. The van der Waals surface area contributed by atoms with Crippen LogP contribution in [-0.4, -0.2) is 70.6 Å². The highest BCUT2D eigenvalue weighted by Gasteiger charge is 2.34. The van der Waals surface area contributed by atoms with Gasteiger partial charge in [-0.3, -0.25) is 9.59 Å². The van der Waals surface area contributed by atoms with E-state index in [1.165, 1.54) is 0 Å². The summed E-state index contributed by atoms with van der Waals surface area (Å²) < 4.78 is 5.43. The molecule has 2 N–H and O–H groups in total. The van der Waals surface area contributed by atoms with Crippen LogP contribution in [0.4, 0.5) is 11.8 Å². The number of rotatable bonds is 9. The van der Waals surface area contributed by atoms with E-state index in [0.29, 0.717) is 42.0 Å². The molecule has 2 atom stereocenters. The van der Waals surface area contributed by atoms with E-state index < -0.39 is 6.04 Å². The van der Waals surface area contributed by atoms with E-state index in [1.54, 1.807) is 30.3 Å². The minimum atomic E-state index is -0.654. The summed E-state index contributed by atoms with van der Waals surface area (Å²) in [5.74, 6) is 0.921. The summed E-state index contributed by atoms with van der Waals surface area (Å²) in [6.07, 6.45) is 5.09. The van der Waals surface area contributed by atoms with Gasteiger partial charge in [0.05, 0.1) is 23.0 Å². The number of fused-ring (bicyclic) bond motifs is 1. The number of carbonyl (C=O) groups excluding carboxylic acids is 2. The van der Waals surface area contributed by atoms with Gasteiger partial charge in [-0.15, -0.1) is 0 Å². The maximum atomic E-state index is 13.5. The average Bonchev–Trinajstić information content (AvgIpc) is 3.33. The van der Waals surface area contributed by atoms with Crippen LogP contribution < -0.4 is 15.5 Å². The van der Waals surface area contributed by atoms with Gasteiger partial charge in [0.15, 0.2) is 0 Å². The second-order valence-corrected chi connectivity index (χ2v) is 11.0. The predicted molar refractivity (Wildman–Crippen MR) is 159 cm³/mol. The first-order chi connectivity index (χ1) is 19.7. The maximum Gasteiger partial charge on any atom is 0.255 e. The van der Waals surface area contributed by atoms with E-state index in [0.717, 1.165) is 41.9 Å². The van der Waals surface area contributed by atoms with Gasteiger partial charge in [0.1, 0.15) is 11.9 Å². The van der Waals surface area contributed by atoms with Crippen molar-refractivity contribution in [1.29, 1.82) is 0 Å². The van der Waals surface area contributed by atoms with Crippen molar-refractivity contribution in [2.45, 2.75) is 58.3 Å². The quantitative estimate of drug-likeness (QED) is 0.383. The van der Waals surface area contributed by atoms with Crippen LogP contribution in [0.2, 0.25) is 5.02 Å². The minimum Gasteiger partial charge on any atom is -0.381 e. The van der Waals surface area contributed by atoms with Crippen molar-refractivity contribution in [3.05, 3.63) is 64.4 Å². The molecule has 2 amide bonds. The second-order valence-electron chi connectivity index (χ2n) is 10.6. The van der Waals surface area contributed by atoms with Gasteiger partial charge in [-0.1, -0.05) is 23.7 Å². The summed E-state index contributed by atoms with van der Waals surface area (Å²) in [7, 11) is 1.97. The molecule has 11 heteroatoms. The molecule has 2 aliphatic heterocycles. The highest BCUT2D eigenvalue weighted by molar-refractivity contribution is 6.33. The van der Waals surface area contributed by atoms with E-state index in [4.69, 9.17) is 16.3 Å². The Morgan fingerprint density at radius 2 is 1.98 bits per heavy atom. The molecule has 0 bridgehead atoms. The van der Waals surface area contributed by atoms with Gasteiger partial charge in [-0.25, -0.2) is 15.0 Å². The summed E-state index contributed by atoms with van der Waals surface area (Å²) in [6.45, 7) is 8.33. The van der Waals surface area contributed by atoms with E-state index in [2.05, 4.69) is 32.5 Å². The molecular formula is C30H36ClN7O3. The first-order valence-electron chi connectivity index (χ1n) is 14.0. The zero-order valence-electron chi connectivity index (χ0n) is 23.9. The lowest BCUT2D eigenvalue weighted by molar-refractivity contribution is -0.125. The Hall–Kier alpha value is -3.76. The van der Waals surface area contributed by atoms with Crippen LogP contribution in [0.1, 0.15) is 61.1 Å². The molecule has 1 aromatic carbocycles. The largest absolute Gasteiger partial charge is 0.381 e. The molecule has 3 aromatic rings. The van der Waals surface area contributed by atoms with Crippen LogP contribution in [0.5, 0.6) is 0 Å². The number of nitrogens with zero attached hydrogens (tertiary/aromatic N) is 5. The Morgan fingerprint density at radius 1 is 1.20 bits per heavy atom. The fourth-order valence-electron chi connectivity index (χ4n) is 5.08. The molecule has 41 heavy (non-hydrogen) atoms. The molecule has 0 aliphatic carbocycles. The lowest BCUT2D eigenvalue weighted by Crippen LogP contribution is -2.45. The van der Waals surface area contributed by atoms with Gasteiger partial charge in [0.25, 0.3) is 5.91 Å². The maximum absolute atomic E-state index is 13.5. The number of benzene rings is 1. The third kappa shape index (κ3) is 6.28. The Balaban J connectivity index is 1.28. The molecule has 0 spiro atoms. The smallest absolute Gasteiger partial charge is 0.255 e. The molecule has 0 unspecified atom stereocenters. The average molecular weight is 578 g/mol. The van der Waals surface area contributed by atoms with Crippen LogP contribution in [0, 0.1) is 0 Å². The number of pyridine rings is 1. The predicted octanol–water partition coefficient (Wildman–Crippen LogP) is 4.46. The normalized spacial score (nSPS) is 16.7. The van der Waals surface area contributed by atoms with Crippen LogP contribution in [0.15, 0.2) is 42.7 Å². The molecule has 5 rings (SSSR count). The lowest BCUT2D eigenvalue weighted by Gasteiger charge is -2.25. The highest BCUT2D eigenvalue weighted by Crippen LogP contribution is 2.32. The number of nitrogens with one attached hydrogen (secondary N) is 2. The standard InChI is InChI=1S/C30H36ClN7O3/c1-5-37(4)26-15-20(8-11-32-26)18(2)34-28(39)19(3)38-17-22-7-6-21(14-24(22)29(38)40)27-25(31)16-33-30(36-27)35-23-9-12-41-13-10-23/h6-8,11,14-16,18-19,23H,5,9-10,12-13,17H2,1-4H3,(H,34,39)(H,33,35,36)/t18-,19-/m1/s1. The van der Waals surface area contributed by atoms with Crippen molar-refractivity contribution in [2.24, 2.45) is 0 Å². The van der Waals surface area contributed by atoms with E-state index in [-0.39, 0.29) is 23.9 Å². The monoisotopic (exact) mass is 577 g/mol. The number of aromatic nitrogens is 3. The van der Waals surface area contributed by atoms with Crippen LogP contribution in [0.3, 0.4) is 0 Å². The lowest BCUT2D eigenvalue weighted by atomic mass is 10.0. The third-order valence-corrected chi connectivity index (χ3v) is 8.13. The van der Waals surface area contributed by atoms with E-state index >= 15 is 0 Å². The summed E-state index contributed by atoms with van der Waals surface area (Å²) in [6, 6.07) is 8.82.